The summed E-state index contributed by atoms with van der Waals surface area (Å²) >= 11 is 0. The van der Waals surface area contributed by atoms with Crippen LogP contribution in [-0.4, -0.2) is 48.0 Å². The van der Waals surface area contributed by atoms with Crippen LogP contribution in [0.1, 0.15) is 36.8 Å². The molecule has 0 saturated carbocycles. The van der Waals surface area contributed by atoms with Crippen molar-refractivity contribution in [3.05, 3.63) is 35.5 Å². The quantitative estimate of drug-likeness (QED) is 0.842. The summed E-state index contributed by atoms with van der Waals surface area (Å²) in [6.45, 7) is 6.38. The van der Waals surface area contributed by atoms with Crippen molar-refractivity contribution >= 4 is 0 Å². The predicted octanol–water partition coefficient (Wildman–Crippen LogP) is 2.37. The number of para-hydroxylation sites is 1. The highest BCUT2D eigenvalue weighted by atomic mass is 16.5. The maximum Gasteiger partial charge on any atom is 0.246 e. The van der Waals surface area contributed by atoms with Gasteiger partial charge in [0, 0.05) is 38.0 Å². The van der Waals surface area contributed by atoms with E-state index >= 15 is 0 Å². The summed E-state index contributed by atoms with van der Waals surface area (Å²) < 4.78 is 23.2. The zero-order valence-corrected chi connectivity index (χ0v) is 14.4. The Bertz CT molecular complexity index is 718. The van der Waals surface area contributed by atoms with Gasteiger partial charge in [0.05, 0.1) is 19.8 Å². The summed E-state index contributed by atoms with van der Waals surface area (Å²) in [5.41, 5.74) is 1.14. The molecular formula is C18H23N3O4. The second-order valence-electron chi connectivity index (χ2n) is 6.28. The third kappa shape index (κ3) is 3.62. The molecule has 2 aromatic rings. The fraction of sp³-hybridized carbons (Fsp3) is 0.556. The van der Waals surface area contributed by atoms with E-state index in [1.165, 1.54) is 0 Å². The Labute approximate surface area is 146 Å². The largest absolute Gasteiger partial charge is 0.490 e. The molecule has 1 aromatic heterocycles. The molecule has 4 rings (SSSR count). The first-order chi connectivity index (χ1) is 12.3. The Morgan fingerprint density at radius 3 is 2.96 bits per heavy atom. The van der Waals surface area contributed by atoms with Gasteiger partial charge in [-0.15, -0.1) is 10.2 Å². The van der Waals surface area contributed by atoms with Crippen LogP contribution in [0, 0.1) is 0 Å². The molecule has 134 valence electrons. The Morgan fingerprint density at radius 1 is 1.16 bits per heavy atom. The van der Waals surface area contributed by atoms with Gasteiger partial charge in [-0.3, -0.25) is 4.90 Å². The monoisotopic (exact) mass is 345 g/mol. The van der Waals surface area contributed by atoms with E-state index in [2.05, 4.69) is 21.2 Å². The Morgan fingerprint density at radius 2 is 2.08 bits per heavy atom. The normalized spacial score (nSPS) is 21.1. The minimum atomic E-state index is -0.180. The molecule has 0 unspecified atom stereocenters. The highest BCUT2D eigenvalue weighted by Crippen LogP contribution is 2.34. The molecule has 1 atom stereocenters. The smallest absolute Gasteiger partial charge is 0.246 e. The summed E-state index contributed by atoms with van der Waals surface area (Å²) in [7, 11) is 0. The summed E-state index contributed by atoms with van der Waals surface area (Å²) in [5, 5.41) is 8.16. The van der Waals surface area contributed by atoms with Gasteiger partial charge < -0.3 is 18.6 Å². The van der Waals surface area contributed by atoms with Crippen LogP contribution in [0.25, 0.3) is 0 Å². The van der Waals surface area contributed by atoms with Crippen LogP contribution < -0.4 is 9.47 Å². The molecule has 2 aliphatic rings. The fourth-order valence-corrected chi connectivity index (χ4v) is 3.15. The molecule has 0 N–H and O–H groups in total. The lowest BCUT2D eigenvalue weighted by molar-refractivity contribution is -0.0459. The predicted molar refractivity (Wildman–Crippen MR) is 89.7 cm³/mol. The van der Waals surface area contributed by atoms with Crippen LogP contribution in [-0.2, 0) is 17.7 Å². The minimum Gasteiger partial charge on any atom is -0.490 e. The molecular weight excluding hydrogens is 322 g/mol. The summed E-state index contributed by atoms with van der Waals surface area (Å²) in [6, 6.07) is 6.09. The van der Waals surface area contributed by atoms with Gasteiger partial charge in [0.25, 0.3) is 0 Å². The van der Waals surface area contributed by atoms with Crippen molar-refractivity contribution in [1.82, 2.24) is 15.1 Å². The molecule has 25 heavy (non-hydrogen) atoms. The van der Waals surface area contributed by atoms with Crippen LogP contribution in [0.5, 0.6) is 11.5 Å². The Hall–Kier alpha value is -2.12. The maximum atomic E-state index is 5.93. The molecule has 1 fully saturated rings. The maximum absolute atomic E-state index is 5.93. The summed E-state index contributed by atoms with van der Waals surface area (Å²) in [6.07, 6.45) is 1.46. The van der Waals surface area contributed by atoms with E-state index in [0.717, 1.165) is 49.5 Å². The van der Waals surface area contributed by atoms with Gasteiger partial charge in [0.2, 0.25) is 11.8 Å². The van der Waals surface area contributed by atoms with Crippen molar-refractivity contribution in [2.45, 2.75) is 32.4 Å². The molecule has 2 aliphatic heterocycles. The van der Waals surface area contributed by atoms with Crippen molar-refractivity contribution in [1.29, 1.82) is 0 Å². The Kier molecular flexibility index (Phi) is 4.85. The molecule has 0 amide bonds. The summed E-state index contributed by atoms with van der Waals surface area (Å²) in [4.78, 5) is 2.33. The van der Waals surface area contributed by atoms with E-state index < -0.39 is 0 Å². The molecule has 0 radical (unpaired) electrons. The molecule has 3 heterocycles. The van der Waals surface area contributed by atoms with E-state index in [1.807, 2.05) is 19.1 Å². The van der Waals surface area contributed by atoms with Crippen LogP contribution in [0.3, 0.4) is 0 Å². The zero-order valence-electron chi connectivity index (χ0n) is 14.4. The number of rotatable bonds is 4. The molecule has 7 heteroatoms. The van der Waals surface area contributed by atoms with E-state index in [4.69, 9.17) is 18.6 Å². The molecule has 1 aromatic carbocycles. The van der Waals surface area contributed by atoms with Crippen LogP contribution in [0.4, 0.5) is 0 Å². The molecule has 0 bridgehead atoms. The third-order valence-electron chi connectivity index (χ3n) is 4.46. The number of benzene rings is 1. The number of ether oxygens (including phenoxy) is 3. The Balaban J connectivity index is 1.47. The number of hydrogen-bond donors (Lipinski definition) is 0. The first kappa shape index (κ1) is 16.4. The van der Waals surface area contributed by atoms with Gasteiger partial charge >= 0.3 is 0 Å². The van der Waals surface area contributed by atoms with Crippen LogP contribution >= 0.6 is 0 Å². The number of aryl methyl sites for hydroxylation is 1. The van der Waals surface area contributed by atoms with Crippen molar-refractivity contribution in [3.8, 4) is 11.5 Å². The average molecular weight is 345 g/mol. The highest BCUT2D eigenvalue weighted by Gasteiger charge is 2.27. The number of aromatic nitrogens is 2. The molecule has 0 aliphatic carbocycles. The van der Waals surface area contributed by atoms with Gasteiger partial charge in [0.15, 0.2) is 11.5 Å². The van der Waals surface area contributed by atoms with Crippen molar-refractivity contribution in [2.24, 2.45) is 0 Å². The van der Waals surface area contributed by atoms with E-state index in [-0.39, 0.29) is 6.10 Å². The van der Waals surface area contributed by atoms with E-state index in [1.54, 1.807) is 0 Å². The van der Waals surface area contributed by atoms with Crippen molar-refractivity contribution in [2.75, 3.05) is 32.9 Å². The molecule has 7 nitrogen and oxygen atoms in total. The molecule has 1 saturated heterocycles. The van der Waals surface area contributed by atoms with Gasteiger partial charge in [-0.25, -0.2) is 0 Å². The van der Waals surface area contributed by atoms with E-state index in [9.17, 15) is 0 Å². The average Bonchev–Trinajstić information content (AvgIpc) is 3.00. The lowest BCUT2D eigenvalue weighted by Crippen LogP contribution is -2.38. The first-order valence-electron chi connectivity index (χ1n) is 8.87. The van der Waals surface area contributed by atoms with Gasteiger partial charge in [0.1, 0.15) is 6.10 Å². The number of morpholine rings is 1. The zero-order chi connectivity index (χ0) is 17.1. The first-order valence-corrected chi connectivity index (χ1v) is 8.87. The summed E-state index contributed by atoms with van der Waals surface area (Å²) in [5.74, 6) is 2.92. The molecule has 0 spiro atoms. The fourth-order valence-electron chi connectivity index (χ4n) is 3.15. The second kappa shape index (κ2) is 7.41. The van der Waals surface area contributed by atoms with Crippen LogP contribution in [0.2, 0.25) is 0 Å². The highest BCUT2D eigenvalue weighted by molar-refractivity contribution is 5.47. The number of fused-ring (bicyclic) bond motifs is 1. The van der Waals surface area contributed by atoms with E-state index in [0.29, 0.717) is 31.6 Å². The van der Waals surface area contributed by atoms with Gasteiger partial charge in [-0.2, -0.15) is 0 Å². The van der Waals surface area contributed by atoms with Crippen LogP contribution in [0.15, 0.2) is 22.6 Å². The van der Waals surface area contributed by atoms with Crippen molar-refractivity contribution in [3.63, 3.8) is 0 Å². The number of hydrogen-bond acceptors (Lipinski definition) is 7. The SMILES string of the molecule is CCc1nnc([C@@H]2CN(Cc3cccc4c3OCCCO4)CCO2)o1. The van der Waals surface area contributed by atoms with Gasteiger partial charge in [-0.1, -0.05) is 19.1 Å². The number of nitrogens with zero attached hydrogens (tertiary/aromatic N) is 3. The van der Waals surface area contributed by atoms with Crippen molar-refractivity contribution < 1.29 is 18.6 Å². The second-order valence-corrected chi connectivity index (χ2v) is 6.28. The topological polar surface area (TPSA) is 69.9 Å². The minimum absolute atomic E-state index is 0.180. The lowest BCUT2D eigenvalue weighted by Gasteiger charge is -2.31. The third-order valence-corrected chi connectivity index (χ3v) is 4.46. The lowest BCUT2D eigenvalue weighted by atomic mass is 10.1. The standard InChI is InChI=1S/C18H23N3O4/c1-2-16-19-20-18(25-16)15-12-21(7-10-23-15)11-13-5-3-6-14-17(13)24-9-4-8-22-14/h3,5-6,15H,2,4,7-12H2,1H3/t15-/m0/s1. The van der Waals surface area contributed by atoms with Gasteiger partial charge in [-0.05, 0) is 6.07 Å².